The van der Waals surface area contributed by atoms with Crippen molar-refractivity contribution in [1.29, 1.82) is 0 Å². The summed E-state index contributed by atoms with van der Waals surface area (Å²) in [7, 11) is -1.11. The molecule has 0 aromatic rings. The predicted molar refractivity (Wildman–Crippen MR) is 50.2 cm³/mol. The summed E-state index contributed by atoms with van der Waals surface area (Å²) in [6.07, 6.45) is 5.25. The molecule has 0 radical (unpaired) electrons. The molecule has 3 nitrogen and oxygen atoms in total. The topological polar surface area (TPSA) is 49.7 Å². The van der Waals surface area contributed by atoms with Crippen LogP contribution in [-0.4, -0.2) is 30.4 Å². The minimum atomic E-state index is -1.11. The van der Waals surface area contributed by atoms with Gasteiger partial charge in [0.2, 0.25) is 0 Å². The highest BCUT2D eigenvalue weighted by Gasteiger charge is 2.45. The second-order valence-electron chi connectivity index (χ2n) is 4.60. The van der Waals surface area contributed by atoms with E-state index in [0.717, 1.165) is 13.2 Å². The van der Waals surface area contributed by atoms with Crippen LogP contribution in [0.5, 0.6) is 0 Å². The molecule has 2 N–H and O–H groups in total. The summed E-state index contributed by atoms with van der Waals surface area (Å²) in [5.74, 6) is 0.540. The van der Waals surface area contributed by atoms with Gasteiger partial charge in [0.25, 0.3) is 0 Å². The molecule has 1 aliphatic heterocycles. The van der Waals surface area contributed by atoms with Crippen LogP contribution in [0.1, 0.15) is 25.7 Å². The third-order valence-electron chi connectivity index (χ3n) is 3.54. The van der Waals surface area contributed by atoms with E-state index in [0.29, 0.717) is 17.7 Å². The molecule has 1 aliphatic carbocycles. The maximum absolute atomic E-state index is 8.81. The Morgan fingerprint density at radius 1 is 1.23 bits per heavy atom. The second kappa shape index (κ2) is 3.60. The molecule has 0 amide bonds. The van der Waals surface area contributed by atoms with Gasteiger partial charge in [-0.05, 0) is 43.3 Å². The predicted octanol–water partition coefficient (Wildman–Crippen LogP) is 0.666. The van der Waals surface area contributed by atoms with Crippen molar-refractivity contribution in [2.75, 3.05) is 13.2 Å². The molecule has 2 aliphatic rings. The van der Waals surface area contributed by atoms with Crippen LogP contribution in [0.2, 0.25) is 6.32 Å². The first-order chi connectivity index (χ1) is 6.20. The lowest BCUT2D eigenvalue weighted by atomic mass is 9.54. The lowest BCUT2D eigenvalue weighted by molar-refractivity contribution is -0.0550. The average molecular weight is 184 g/mol. The molecule has 0 aromatic heterocycles. The molecule has 0 atom stereocenters. The lowest BCUT2D eigenvalue weighted by Gasteiger charge is -2.50. The van der Waals surface area contributed by atoms with Gasteiger partial charge >= 0.3 is 7.12 Å². The zero-order chi connectivity index (χ0) is 9.31. The SMILES string of the molecule is OB(O)CC1CC2(CCOCC2)C1. The van der Waals surface area contributed by atoms with Crippen LogP contribution < -0.4 is 0 Å². The second-order valence-corrected chi connectivity index (χ2v) is 4.60. The van der Waals surface area contributed by atoms with Gasteiger partial charge in [-0.2, -0.15) is 0 Å². The normalized spacial score (nSPS) is 27.2. The fourth-order valence-electron chi connectivity index (χ4n) is 2.84. The monoisotopic (exact) mass is 184 g/mol. The van der Waals surface area contributed by atoms with Crippen LogP contribution in [0.25, 0.3) is 0 Å². The van der Waals surface area contributed by atoms with E-state index in [9.17, 15) is 0 Å². The zero-order valence-corrected chi connectivity index (χ0v) is 7.91. The molecule has 4 heteroatoms. The summed E-state index contributed by atoms with van der Waals surface area (Å²) in [6, 6.07) is 0. The van der Waals surface area contributed by atoms with E-state index in [1.165, 1.54) is 25.7 Å². The molecule has 1 saturated heterocycles. The van der Waals surface area contributed by atoms with E-state index in [1.807, 2.05) is 0 Å². The number of hydrogen-bond donors (Lipinski definition) is 2. The maximum Gasteiger partial charge on any atom is 0.451 e. The van der Waals surface area contributed by atoms with Gasteiger partial charge in [-0.25, -0.2) is 0 Å². The Morgan fingerprint density at radius 3 is 2.38 bits per heavy atom. The molecule has 1 saturated carbocycles. The molecule has 2 fully saturated rings. The summed E-state index contributed by atoms with van der Waals surface area (Å²) in [5, 5.41) is 17.6. The first-order valence-electron chi connectivity index (χ1n) is 5.14. The van der Waals surface area contributed by atoms with Crippen LogP contribution in [0.4, 0.5) is 0 Å². The Hall–Kier alpha value is -0.0551. The molecular formula is C9H17BO3. The van der Waals surface area contributed by atoms with Gasteiger partial charge < -0.3 is 14.8 Å². The lowest BCUT2D eigenvalue weighted by Crippen LogP contribution is -2.43. The molecule has 0 aromatic carbocycles. The Morgan fingerprint density at radius 2 is 1.85 bits per heavy atom. The smallest absolute Gasteiger partial charge is 0.427 e. The standard InChI is InChI=1S/C9H17BO3/c11-10(12)7-8-5-9(6-8)1-3-13-4-2-9/h8,11-12H,1-7H2. The van der Waals surface area contributed by atoms with Crippen molar-refractivity contribution in [3.05, 3.63) is 0 Å². The maximum atomic E-state index is 8.81. The van der Waals surface area contributed by atoms with Crippen molar-refractivity contribution in [3.63, 3.8) is 0 Å². The summed E-state index contributed by atoms with van der Waals surface area (Å²) >= 11 is 0. The zero-order valence-electron chi connectivity index (χ0n) is 7.91. The van der Waals surface area contributed by atoms with E-state index in [-0.39, 0.29) is 0 Å². The van der Waals surface area contributed by atoms with Gasteiger partial charge in [0.15, 0.2) is 0 Å². The van der Waals surface area contributed by atoms with Gasteiger partial charge in [0.05, 0.1) is 0 Å². The van der Waals surface area contributed by atoms with Crippen molar-refractivity contribution in [2.24, 2.45) is 11.3 Å². The first kappa shape index (κ1) is 9.50. The van der Waals surface area contributed by atoms with E-state index in [4.69, 9.17) is 14.8 Å². The highest BCUT2D eigenvalue weighted by molar-refractivity contribution is 6.41. The van der Waals surface area contributed by atoms with Gasteiger partial charge in [0.1, 0.15) is 0 Å². The summed E-state index contributed by atoms with van der Waals surface area (Å²) in [6.45, 7) is 1.79. The summed E-state index contributed by atoms with van der Waals surface area (Å²) < 4.78 is 5.32. The highest BCUT2D eigenvalue weighted by atomic mass is 16.5. The van der Waals surface area contributed by atoms with Gasteiger partial charge in [0, 0.05) is 13.2 Å². The Bertz CT molecular complexity index is 170. The third-order valence-corrected chi connectivity index (χ3v) is 3.54. The molecule has 13 heavy (non-hydrogen) atoms. The van der Waals surface area contributed by atoms with Crippen LogP contribution in [0, 0.1) is 11.3 Å². The molecule has 1 heterocycles. The Kier molecular flexibility index (Phi) is 2.63. The van der Waals surface area contributed by atoms with Crippen molar-refractivity contribution < 1.29 is 14.8 Å². The van der Waals surface area contributed by atoms with Crippen LogP contribution >= 0.6 is 0 Å². The van der Waals surface area contributed by atoms with Crippen LogP contribution in [0.15, 0.2) is 0 Å². The van der Waals surface area contributed by atoms with Crippen LogP contribution in [0.3, 0.4) is 0 Å². The van der Waals surface area contributed by atoms with E-state index >= 15 is 0 Å². The minimum Gasteiger partial charge on any atom is -0.427 e. The molecule has 2 rings (SSSR count). The summed E-state index contributed by atoms with van der Waals surface area (Å²) in [4.78, 5) is 0. The van der Waals surface area contributed by atoms with Crippen molar-refractivity contribution >= 4 is 7.12 Å². The molecule has 0 bridgehead atoms. The van der Waals surface area contributed by atoms with Crippen molar-refractivity contribution in [3.8, 4) is 0 Å². The molecular weight excluding hydrogens is 167 g/mol. The highest BCUT2D eigenvalue weighted by Crippen LogP contribution is 2.53. The van der Waals surface area contributed by atoms with Crippen molar-refractivity contribution in [1.82, 2.24) is 0 Å². The quantitative estimate of drug-likeness (QED) is 0.620. The van der Waals surface area contributed by atoms with E-state index in [2.05, 4.69) is 0 Å². The van der Waals surface area contributed by atoms with Gasteiger partial charge in [-0.3, -0.25) is 0 Å². The number of hydrogen-bond acceptors (Lipinski definition) is 3. The van der Waals surface area contributed by atoms with Gasteiger partial charge in [-0.15, -0.1) is 0 Å². The van der Waals surface area contributed by atoms with Crippen LogP contribution in [-0.2, 0) is 4.74 Å². The molecule has 74 valence electrons. The summed E-state index contributed by atoms with van der Waals surface area (Å²) in [5.41, 5.74) is 0.512. The third kappa shape index (κ3) is 2.06. The average Bonchev–Trinajstić information content (AvgIpc) is 2.02. The minimum absolute atomic E-state index is 0.512. The van der Waals surface area contributed by atoms with E-state index in [1.54, 1.807) is 0 Å². The number of rotatable bonds is 2. The largest absolute Gasteiger partial charge is 0.451 e. The Balaban J connectivity index is 1.75. The van der Waals surface area contributed by atoms with Gasteiger partial charge in [-0.1, -0.05) is 0 Å². The first-order valence-corrected chi connectivity index (χ1v) is 5.14. The molecule has 1 spiro atoms. The fraction of sp³-hybridized carbons (Fsp3) is 1.00. The number of ether oxygens (including phenoxy) is 1. The van der Waals surface area contributed by atoms with Crippen molar-refractivity contribution in [2.45, 2.75) is 32.0 Å². The fourth-order valence-corrected chi connectivity index (χ4v) is 2.84. The molecule has 0 unspecified atom stereocenters. The Labute approximate surface area is 79.2 Å². The van der Waals surface area contributed by atoms with E-state index < -0.39 is 7.12 Å².